The Morgan fingerprint density at radius 3 is 1.86 bits per heavy atom. The van der Waals surface area contributed by atoms with Gasteiger partial charge in [-0.3, -0.25) is 13.7 Å². The van der Waals surface area contributed by atoms with Gasteiger partial charge in [0.2, 0.25) is 0 Å². The first kappa shape index (κ1) is 43.8. The van der Waals surface area contributed by atoms with Crippen molar-refractivity contribution in [2.75, 3.05) is 0 Å². The molecule has 14 rings (SSSR count). The molecule has 0 unspecified atom stereocenters. The molecule has 0 N–H and O–H groups in total. The zero-order chi connectivity index (χ0) is 50.0. The Labute approximate surface area is 430 Å². The van der Waals surface area contributed by atoms with Crippen molar-refractivity contribution in [2.45, 2.75) is 52.4 Å². The van der Waals surface area contributed by atoms with Gasteiger partial charge in [-0.15, -0.1) is 0 Å². The molecule has 13 aromatic rings. The standard InChI is InChI=1S/C68H52N4O2/c1-67(2,3)43-33-34-69-64(38-43)72-59-26-13-11-23-52(59)53-31-30-47(40-61(53)72)73-46-18-15-17-45(39-46)70-41-71-65-56(42-29-32-63-57(35-42)54-24-12-14-28-62(54)74-63)36-44(68(4,5)6)37-58(65)51-22-10-8-20-49(51)48-19-7-9-21-50(48)55-25-16-27-60(70)66(55)71/h7-40H,1-6H3. The third kappa shape index (κ3) is 6.93. The molecule has 0 fully saturated rings. The van der Waals surface area contributed by atoms with Crippen molar-refractivity contribution in [2.24, 2.45) is 0 Å². The van der Waals surface area contributed by atoms with E-state index in [0.717, 1.165) is 106 Å². The summed E-state index contributed by atoms with van der Waals surface area (Å²) in [4.78, 5) is 4.92. The number of fused-ring (bicyclic) bond motifs is 13. The average Bonchev–Trinajstić information content (AvgIpc) is 4.11. The van der Waals surface area contributed by atoms with Gasteiger partial charge in [0.1, 0.15) is 28.5 Å². The number of hydrogen-bond acceptors (Lipinski definition) is 3. The fraction of sp³-hybridized carbons (Fsp3) is 0.118. The highest BCUT2D eigenvalue weighted by Crippen LogP contribution is 2.47. The maximum atomic E-state index is 6.90. The predicted molar refractivity (Wildman–Crippen MR) is 302 cm³/mol. The highest BCUT2D eigenvalue weighted by Gasteiger charge is 2.29. The van der Waals surface area contributed by atoms with Gasteiger partial charge in [0.05, 0.1) is 33.4 Å². The lowest BCUT2D eigenvalue weighted by Gasteiger charge is -2.26. The lowest BCUT2D eigenvalue weighted by atomic mass is 9.81. The first-order valence-electron chi connectivity index (χ1n) is 25.5. The van der Waals surface area contributed by atoms with E-state index >= 15 is 0 Å². The van der Waals surface area contributed by atoms with Crippen molar-refractivity contribution in [3.63, 3.8) is 0 Å². The maximum absolute atomic E-state index is 6.90. The smallest absolute Gasteiger partial charge is 0.269 e. The quantitative estimate of drug-likeness (QED) is 0.128. The Hall–Kier alpha value is -9.00. The van der Waals surface area contributed by atoms with E-state index in [2.05, 4.69) is 244 Å². The molecule has 6 heteroatoms. The minimum absolute atomic E-state index is 0.0306. The summed E-state index contributed by atoms with van der Waals surface area (Å²) in [5.41, 5.74) is 19.4. The first-order chi connectivity index (χ1) is 35.9. The summed E-state index contributed by atoms with van der Waals surface area (Å²) < 4.78 is 20.1. The maximum Gasteiger partial charge on any atom is 0.269 e. The van der Waals surface area contributed by atoms with Gasteiger partial charge in [0.15, 0.2) is 0 Å². The number of nitrogens with zero attached hydrogens (tertiary/aromatic N) is 4. The van der Waals surface area contributed by atoms with Crippen LogP contribution >= 0.6 is 0 Å². The van der Waals surface area contributed by atoms with E-state index in [1.165, 1.54) is 27.6 Å². The zero-order valence-corrected chi connectivity index (χ0v) is 42.2. The van der Waals surface area contributed by atoms with Crippen LogP contribution in [0.3, 0.4) is 0 Å². The van der Waals surface area contributed by atoms with Crippen LogP contribution in [0.15, 0.2) is 211 Å². The van der Waals surface area contributed by atoms with Crippen molar-refractivity contribution in [1.82, 2.24) is 14.1 Å². The Morgan fingerprint density at radius 1 is 0.459 bits per heavy atom. The number of furan rings is 1. The summed E-state index contributed by atoms with van der Waals surface area (Å²) in [6.07, 6.45) is 5.93. The molecular weight excluding hydrogens is 905 g/mol. The number of hydrogen-bond donors (Lipinski definition) is 0. The molecule has 4 aromatic heterocycles. The molecule has 0 saturated heterocycles. The summed E-state index contributed by atoms with van der Waals surface area (Å²) in [6.45, 7) is 13.6. The van der Waals surface area contributed by atoms with Gasteiger partial charge < -0.3 is 9.15 Å². The van der Waals surface area contributed by atoms with Crippen LogP contribution in [0, 0.1) is 6.33 Å². The van der Waals surface area contributed by atoms with E-state index in [4.69, 9.17) is 14.1 Å². The van der Waals surface area contributed by atoms with Gasteiger partial charge in [-0.25, -0.2) is 4.98 Å². The molecule has 6 nitrogen and oxygen atoms in total. The average molecular weight is 957 g/mol. The molecule has 0 bridgehead atoms. The Balaban J connectivity index is 0.984. The molecule has 0 atom stereocenters. The van der Waals surface area contributed by atoms with Crippen LogP contribution in [0.5, 0.6) is 11.5 Å². The fourth-order valence-corrected chi connectivity index (χ4v) is 11.3. The second-order valence-corrected chi connectivity index (χ2v) is 21.8. The van der Waals surface area contributed by atoms with Gasteiger partial charge in [0, 0.05) is 33.8 Å². The monoisotopic (exact) mass is 956 g/mol. The van der Waals surface area contributed by atoms with Gasteiger partial charge in [0.25, 0.3) is 6.33 Å². The van der Waals surface area contributed by atoms with Crippen molar-refractivity contribution in [3.05, 3.63) is 224 Å². The van der Waals surface area contributed by atoms with Crippen molar-refractivity contribution in [3.8, 4) is 73.2 Å². The lowest BCUT2D eigenvalue weighted by molar-refractivity contribution is -0.570. The van der Waals surface area contributed by atoms with Crippen LogP contribution in [0.4, 0.5) is 0 Å². The molecule has 0 spiro atoms. The van der Waals surface area contributed by atoms with Crippen LogP contribution in [0.1, 0.15) is 52.7 Å². The Morgan fingerprint density at radius 2 is 1.08 bits per heavy atom. The summed E-state index contributed by atoms with van der Waals surface area (Å²) in [7, 11) is 0. The molecule has 0 amide bonds. The number of aromatic nitrogens is 4. The summed E-state index contributed by atoms with van der Waals surface area (Å²) in [5.74, 6) is 2.33. The van der Waals surface area contributed by atoms with Crippen molar-refractivity contribution < 1.29 is 13.7 Å². The summed E-state index contributed by atoms with van der Waals surface area (Å²) >= 11 is 0. The molecular formula is C68H52N4O2. The van der Waals surface area contributed by atoms with Gasteiger partial charge in [-0.2, -0.15) is 0 Å². The normalized spacial score (nSPS) is 12.5. The zero-order valence-electron chi connectivity index (χ0n) is 42.2. The molecule has 356 valence electrons. The minimum atomic E-state index is -0.162. The van der Waals surface area contributed by atoms with E-state index in [1.807, 2.05) is 24.4 Å². The van der Waals surface area contributed by atoms with Gasteiger partial charge >= 0.3 is 0 Å². The first-order valence-corrected chi connectivity index (χ1v) is 25.5. The Kier molecular flexibility index (Phi) is 9.61. The van der Waals surface area contributed by atoms with E-state index in [-0.39, 0.29) is 10.8 Å². The van der Waals surface area contributed by atoms with Crippen molar-refractivity contribution >= 4 is 54.8 Å². The second kappa shape index (κ2) is 16.3. The number of para-hydroxylation sites is 3. The van der Waals surface area contributed by atoms with E-state index in [1.54, 1.807) is 0 Å². The number of ether oxygens (including phenoxy) is 1. The van der Waals surface area contributed by atoms with E-state index in [9.17, 15) is 0 Å². The van der Waals surface area contributed by atoms with E-state index < -0.39 is 0 Å². The third-order valence-corrected chi connectivity index (χ3v) is 15.1. The molecule has 5 heterocycles. The Bertz CT molecular complexity index is 4440. The van der Waals surface area contributed by atoms with Crippen LogP contribution < -0.4 is 9.30 Å². The van der Waals surface area contributed by atoms with Crippen LogP contribution in [0.2, 0.25) is 0 Å². The molecule has 74 heavy (non-hydrogen) atoms. The fourth-order valence-electron chi connectivity index (χ4n) is 11.3. The molecule has 9 aromatic carbocycles. The molecule has 1 aliphatic heterocycles. The summed E-state index contributed by atoms with van der Waals surface area (Å²) in [6, 6.07) is 71.9. The van der Waals surface area contributed by atoms with Crippen LogP contribution in [-0.2, 0) is 10.8 Å². The number of rotatable bonds is 5. The highest BCUT2D eigenvalue weighted by atomic mass is 16.5. The second-order valence-electron chi connectivity index (χ2n) is 21.8. The number of imidazole rings is 1. The number of benzene rings is 9. The lowest BCUT2D eigenvalue weighted by Crippen LogP contribution is -2.32. The van der Waals surface area contributed by atoms with Gasteiger partial charge in [-0.05, 0) is 133 Å². The van der Waals surface area contributed by atoms with Gasteiger partial charge in [-0.1, -0.05) is 169 Å². The topological polar surface area (TPSA) is 49.0 Å². The van der Waals surface area contributed by atoms with Crippen LogP contribution in [-0.4, -0.2) is 14.1 Å². The number of pyridine rings is 1. The molecule has 0 saturated carbocycles. The highest BCUT2D eigenvalue weighted by molar-refractivity contribution is 6.10. The minimum Gasteiger partial charge on any atom is -0.458 e. The largest absolute Gasteiger partial charge is 0.458 e. The molecule has 1 aliphatic rings. The summed E-state index contributed by atoms with van der Waals surface area (Å²) in [5, 5.41) is 4.50. The molecule has 0 aliphatic carbocycles. The SMILES string of the molecule is CC(C)(C)c1ccnc(-n2c3ccccc3c3ccc(Oc4cccc(-n5[c-][n+]6c7c(cccc75)-c5ccccc5-c5ccccc5-c5cc(C(C)(C)C)cc(-c7ccc8oc9ccccc9c8c7)c5-6)c4)cc32)c1. The van der Waals surface area contributed by atoms with Crippen LogP contribution in [0.25, 0.3) is 116 Å². The third-order valence-electron chi connectivity index (χ3n) is 15.1. The molecule has 0 radical (unpaired) electrons. The predicted octanol–water partition coefficient (Wildman–Crippen LogP) is 17.5. The van der Waals surface area contributed by atoms with Crippen molar-refractivity contribution in [1.29, 1.82) is 0 Å². The van der Waals surface area contributed by atoms with E-state index in [0.29, 0.717) is 5.75 Å².